The van der Waals surface area contributed by atoms with Gasteiger partial charge < -0.3 is 31.8 Å². The van der Waals surface area contributed by atoms with Crippen molar-refractivity contribution < 1.29 is 24.3 Å². The van der Waals surface area contributed by atoms with E-state index < -0.39 is 48.4 Å². The lowest BCUT2D eigenvalue weighted by molar-refractivity contribution is -0.138. The van der Waals surface area contributed by atoms with Crippen LogP contribution < -0.4 is 21.7 Å². The first-order valence-electron chi connectivity index (χ1n) is 11.5. The molecule has 0 aliphatic heterocycles. The van der Waals surface area contributed by atoms with Gasteiger partial charge >= 0.3 is 5.97 Å². The largest absolute Gasteiger partial charge is 0.480 e. The highest BCUT2D eigenvalue weighted by Gasteiger charge is 2.32. The number of carboxylic acids is 1. The molecule has 0 radical (unpaired) electrons. The number of nitrogens with one attached hydrogen (secondary N) is 4. The number of aliphatic carboxylic acids is 1. The van der Waals surface area contributed by atoms with Crippen LogP contribution >= 0.6 is 0 Å². The third-order valence-electron chi connectivity index (χ3n) is 5.96. The molecule has 0 fully saturated rings. The average molecular weight is 474 g/mol. The molecular formula is C24H35N5O5. The Labute approximate surface area is 199 Å². The summed E-state index contributed by atoms with van der Waals surface area (Å²) in [4.78, 5) is 52.7. The van der Waals surface area contributed by atoms with Crippen LogP contribution in [0.2, 0.25) is 0 Å². The normalized spacial score (nSPS) is 14.8. The van der Waals surface area contributed by atoms with Crippen LogP contribution in [-0.2, 0) is 25.6 Å². The summed E-state index contributed by atoms with van der Waals surface area (Å²) in [6, 6.07) is 4.80. The fraction of sp³-hybridized carbons (Fsp3) is 0.500. The van der Waals surface area contributed by atoms with Crippen molar-refractivity contribution in [2.45, 2.75) is 58.7 Å². The number of para-hydroxylation sites is 1. The van der Waals surface area contributed by atoms with Crippen LogP contribution in [-0.4, -0.2) is 58.5 Å². The topological polar surface area (TPSA) is 166 Å². The quantitative estimate of drug-likeness (QED) is 0.268. The van der Waals surface area contributed by atoms with E-state index in [1.807, 2.05) is 52.0 Å². The summed E-state index contributed by atoms with van der Waals surface area (Å²) in [5.74, 6) is -3.14. The van der Waals surface area contributed by atoms with Crippen LogP contribution in [0.4, 0.5) is 0 Å². The molecular weight excluding hydrogens is 438 g/mol. The molecule has 0 bridgehead atoms. The van der Waals surface area contributed by atoms with Crippen LogP contribution in [0.15, 0.2) is 30.5 Å². The maximum Gasteiger partial charge on any atom is 0.322 e. The number of nitrogens with two attached hydrogens (primary N) is 1. The molecule has 10 nitrogen and oxygen atoms in total. The van der Waals surface area contributed by atoms with Gasteiger partial charge in [-0.2, -0.15) is 0 Å². The molecule has 1 aromatic heterocycles. The van der Waals surface area contributed by atoms with Crippen molar-refractivity contribution >= 4 is 34.6 Å². The van der Waals surface area contributed by atoms with Gasteiger partial charge in [0.25, 0.3) is 0 Å². The second-order valence-electron chi connectivity index (χ2n) is 8.88. The molecule has 0 aliphatic carbocycles. The Bertz CT molecular complexity index is 1020. The van der Waals surface area contributed by atoms with Gasteiger partial charge in [0.1, 0.15) is 18.6 Å². The van der Waals surface area contributed by atoms with E-state index >= 15 is 0 Å². The average Bonchev–Trinajstić information content (AvgIpc) is 3.21. The van der Waals surface area contributed by atoms with Crippen LogP contribution in [0.3, 0.4) is 0 Å². The molecule has 0 aliphatic rings. The Morgan fingerprint density at radius 2 is 1.71 bits per heavy atom. The molecule has 1 aromatic carbocycles. The highest BCUT2D eigenvalue weighted by atomic mass is 16.4. The minimum Gasteiger partial charge on any atom is -0.480 e. The van der Waals surface area contributed by atoms with E-state index in [1.54, 1.807) is 6.20 Å². The van der Waals surface area contributed by atoms with Crippen molar-refractivity contribution in [2.75, 3.05) is 6.54 Å². The third-order valence-corrected chi connectivity index (χ3v) is 5.96. The Balaban J connectivity index is 2.27. The molecule has 4 atom stereocenters. The van der Waals surface area contributed by atoms with Gasteiger partial charge in [0.05, 0.1) is 6.04 Å². The number of carboxylic acid groups (broad SMARTS) is 1. The van der Waals surface area contributed by atoms with Crippen molar-refractivity contribution in [3.8, 4) is 0 Å². The fourth-order valence-corrected chi connectivity index (χ4v) is 3.53. The predicted octanol–water partition coefficient (Wildman–Crippen LogP) is 0.910. The predicted molar refractivity (Wildman–Crippen MR) is 129 cm³/mol. The molecule has 10 heteroatoms. The zero-order valence-corrected chi connectivity index (χ0v) is 20.1. The van der Waals surface area contributed by atoms with Crippen LogP contribution in [0.25, 0.3) is 10.9 Å². The van der Waals surface area contributed by atoms with Crippen molar-refractivity contribution in [1.82, 2.24) is 20.9 Å². The van der Waals surface area contributed by atoms with Crippen LogP contribution in [0.5, 0.6) is 0 Å². The Morgan fingerprint density at radius 1 is 1.03 bits per heavy atom. The first-order valence-corrected chi connectivity index (χ1v) is 11.5. The molecule has 1 heterocycles. The second kappa shape index (κ2) is 12.2. The summed E-state index contributed by atoms with van der Waals surface area (Å²) in [7, 11) is 0. The number of fused-ring (bicyclic) bond motifs is 1. The summed E-state index contributed by atoms with van der Waals surface area (Å²) in [5, 5.41) is 17.6. The van der Waals surface area contributed by atoms with Gasteiger partial charge in [-0.3, -0.25) is 19.2 Å². The molecule has 2 aromatic rings. The SMILES string of the molecule is CCC(C)C(NC(=O)C(N)C(C)C)C(=O)NC(Cc1c[nH]c2ccccc12)C(=O)NCC(=O)O. The summed E-state index contributed by atoms with van der Waals surface area (Å²) in [5.41, 5.74) is 7.61. The lowest BCUT2D eigenvalue weighted by Crippen LogP contribution is -2.58. The highest BCUT2D eigenvalue weighted by Crippen LogP contribution is 2.19. The fourth-order valence-electron chi connectivity index (χ4n) is 3.53. The highest BCUT2D eigenvalue weighted by molar-refractivity contribution is 5.94. The van der Waals surface area contributed by atoms with Crippen molar-refractivity contribution in [1.29, 1.82) is 0 Å². The summed E-state index contributed by atoms with van der Waals surface area (Å²) >= 11 is 0. The van der Waals surface area contributed by atoms with Gasteiger partial charge in [-0.1, -0.05) is 52.3 Å². The van der Waals surface area contributed by atoms with E-state index in [0.717, 1.165) is 16.5 Å². The van der Waals surface area contributed by atoms with Crippen molar-refractivity contribution in [3.05, 3.63) is 36.0 Å². The van der Waals surface area contributed by atoms with E-state index in [9.17, 15) is 19.2 Å². The molecule has 3 amide bonds. The zero-order chi connectivity index (χ0) is 25.4. The van der Waals surface area contributed by atoms with Gasteiger partial charge in [0, 0.05) is 23.5 Å². The molecule has 7 N–H and O–H groups in total. The number of carbonyl (C=O) groups excluding carboxylic acids is 3. The van der Waals surface area contributed by atoms with Gasteiger partial charge in [0.2, 0.25) is 17.7 Å². The molecule has 186 valence electrons. The lowest BCUT2D eigenvalue weighted by Gasteiger charge is -2.28. The van der Waals surface area contributed by atoms with E-state index in [1.165, 1.54) is 0 Å². The van der Waals surface area contributed by atoms with Gasteiger partial charge in [-0.25, -0.2) is 0 Å². The maximum absolute atomic E-state index is 13.2. The first kappa shape index (κ1) is 26.8. The lowest BCUT2D eigenvalue weighted by atomic mass is 9.96. The number of carbonyl (C=O) groups is 4. The summed E-state index contributed by atoms with van der Waals surface area (Å²) in [6.45, 7) is 6.76. The second-order valence-corrected chi connectivity index (χ2v) is 8.88. The minimum atomic E-state index is -1.20. The third kappa shape index (κ3) is 7.05. The van der Waals surface area contributed by atoms with E-state index in [-0.39, 0.29) is 18.3 Å². The molecule has 0 saturated carbocycles. The number of benzene rings is 1. The van der Waals surface area contributed by atoms with E-state index in [2.05, 4.69) is 20.9 Å². The molecule has 34 heavy (non-hydrogen) atoms. The Hall–Kier alpha value is -3.40. The number of aromatic nitrogens is 1. The number of hydrogen-bond donors (Lipinski definition) is 6. The van der Waals surface area contributed by atoms with Gasteiger partial charge in [-0.05, 0) is 23.5 Å². The number of hydrogen-bond acceptors (Lipinski definition) is 5. The molecule has 4 unspecified atom stereocenters. The van der Waals surface area contributed by atoms with Crippen molar-refractivity contribution in [3.63, 3.8) is 0 Å². The number of H-pyrrole nitrogens is 1. The number of amides is 3. The number of rotatable bonds is 12. The van der Waals surface area contributed by atoms with Gasteiger partial charge in [0.15, 0.2) is 0 Å². The first-order chi connectivity index (χ1) is 16.0. The number of aromatic amines is 1. The summed E-state index contributed by atoms with van der Waals surface area (Å²) < 4.78 is 0. The van der Waals surface area contributed by atoms with E-state index in [4.69, 9.17) is 10.8 Å². The van der Waals surface area contributed by atoms with Gasteiger partial charge in [-0.15, -0.1) is 0 Å². The molecule has 2 rings (SSSR count). The molecule has 0 saturated heterocycles. The minimum absolute atomic E-state index is 0.114. The molecule has 0 spiro atoms. The van der Waals surface area contributed by atoms with Crippen LogP contribution in [0.1, 0.15) is 39.7 Å². The van der Waals surface area contributed by atoms with E-state index in [0.29, 0.717) is 6.42 Å². The monoisotopic (exact) mass is 473 g/mol. The maximum atomic E-state index is 13.2. The Kier molecular flexibility index (Phi) is 9.61. The standard InChI is InChI=1S/C24H35N5O5/c1-5-14(4)21(29-23(33)20(25)13(2)3)24(34)28-18(22(32)27-12-19(30)31)10-15-11-26-17-9-7-6-8-16(15)17/h6-9,11,13-14,18,20-21,26H,5,10,12,25H2,1-4H3,(H,27,32)(H,28,34)(H,29,33)(H,30,31). The smallest absolute Gasteiger partial charge is 0.322 e. The summed E-state index contributed by atoms with van der Waals surface area (Å²) in [6.07, 6.45) is 2.49. The Morgan fingerprint density at radius 3 is 2.32 bits per heavy atom. The van der Waals surface area contributed by atoms with Crippen molar-refractivity contribution in [2.24, 2.45) is 17.6 Å². The zero-order valence-electron chi connectivity index (χ0n) is 20.1. The van der Waals surface area contributed by atoms with Crippen LogP contribution in [0, 0.1) is 11.8 Å².